The maximum atomic E-state index is 12.1. The van der Waals surface area contributed by atoms with E-state index in [9.17, 15) is 9.59 Å². The summed E-state index contributed by atoms with van der Waals surface area (Å²) in [4.78, 5) is 22.5. The molecule has 1 atom stereocenters. The maximum Gasteiger partial charge on any atom is 0.303 e. The van der Waals surface area contributed by atoms with Gasteiger partial charge in [-0.2, -0.15) is 0 Å². The summed E-state index contributed by atoms with van der Waals surface area (Å²) in [5.74, 6) is -0.924. The first-order valence-electron chi connectivity index (χ1n) is 6.77. The molecule has 1 unspecified atom stereocenters. The molecule has 0 saturated heterocycles. The van der Waals surface area contributed by atoms with E-state index < -0.39 is 5.97 Å². The molecule has 0 spiro atoms. The Hall–Kier alpha value is -1.36. The molecule has 4 nitrogen and oxygen atoms in total. The molecule has 20 heavy (non-hydrogen) atoms. The van der Waals surface area contributed by atoms with E-state index in [1.54, 1.807) is 0 Å². The van der Waals surface area contributed by atoms with Crippen LogP contribution in [0.1, 0.15) is 31.7 Å². The average molecular weight is 342 g/mol. The molecule has 1 rings (SSSR count). The number of hydrogen-bond acceptors (Lipinski definition) is 2. The summed E-state index contributed by atoms with van der Waals surface area (Å²) in [6.07, 6.45) is 1.99. The maximum absolute atomic E-state index is 12.1. The predicted molar refractivity (Wildman–Crippen MR) is 81.5 cm³/mol. The number of carboxylic acid groups (broad SMARTS) is 1. The van der Waals surface area contributed by atoms with Gasteiger partial charge in [0.25, 0.3) is 0 Å². The van der Waals surface area contributed by atoms with Gasteiger partial charge in [-0.05, 0) is 30.9 Å². The summed E-state index contributed by atoms with van der Waals surface area (Å²) in [6.45, 7) is 2.40. The largest absolute Gasteiger partial charge is 0.481 e. The lowest BCUT2D eigenvalue weighted by molar-refractivity contribution is -0.137. The van der Waals surface area contributed by atoms with Crippen LogP contribution < -0.4 is 5.32 Å². The topological polar surface area (TPSA) is 66.4 Å². The van der Waals surface area contributed by atoms with Crippen molar-refractivity contribution in [2.24, 2.45) is 5.92 Å². The molecular weight excluding hydrogens is 322 g/mol. The highest BCUT2D eigenvalue weighted by atomic mass is 79.9. The molecule has 0 aliphatic heterocycles. The first-order valence-corrected chi connectivity index (χ1v) is 7.56. The Morgan fingerprint density at radius 1 is 1.35 bits per heavy atom. The number of rotatable bonds is 8. The van der Waals surface area contributed by atoms with Gasteiger partial charge in [-0.3, -0.25) is 9.59 Å². The second-order valence-corrected chi connectivity index (χ2v) is 5.54. The molecule has 0 radical (unpaired) electrons. The summed E-state index contributed by atoms with van der Waals surface area (Å²) >= 11 is 3.49. The molecule has 0 aromatic heterocycles. The number of benzene rings is 1. The van der Waals surface area contributed by atoms with Crippen LogP contribution in [0.15, 0.2) is 28.7 Å². The highest BCUT2D eigenvalue weighted by Gasteiger charge is 2.17. The fourth-order valence-electron chi connectivity index (χ4n) is 1.95. The predicted octanol–water partition coefficient (Wildman–Crippen LogP) is 3.00. The SMILES string of the molecule is CCC(Cc1ccccc1Br)C(=O)NCCCC(=O)O. The lowest BCUT2D eigenvalue weighted by atomic mass is 9.96. The number of carboxylic acids is 1. The zero-order valence-corrected chi connectivity index (χ0v) is 13.1. The molecule has 110 valence electrons. The van der Waals surface area contributed by atoms with Crippen LogP contribution in [-0.4, -0.2) is 23.5 Å². The zero-order chi connectivity index (χ0) is 15.0. The van der Waals surface area contributed by atoms with E-state index in [4.69, 9.17) is 5.11 Å². The van der Waals surface area contributed by atoms with Crippen LogP contribution >= 0.6 is 15.9 Å². The van der Waals surface area contributed by atoms with Gasteiger partial charge in [-0.25, -0.2) is 0 Å². The molecular formula is C15H20BrNO3. The van der Waals surface area contributed by atoms with Gasteiger partial charge in [0.1, 0.15) is 0 Å². The van der Waals surface area contributed by atoms with Crippen LogP contribution in [0, 0.1) is 5.92 Å². The minimum absolute atomic E-state index is 0.00589. The van der Waals surface area contributed by atoms with Crippen LogP contribution in [0.25, 0.3) is 0 Å². The van der Waals surface area contributed by atoms with Gasteiger partial charge >= 0.3 is 5.97 Å². The molecule has 0 aliphatic carbocycles. The van der Waals surface area contributed by atoms with Crippen molar-refractivity contribution in [2.45, 2.75) is 32.6 Å². The van der Waals surface area contributed by atoms with Gasteiger partial charge in [-0.15, -0.1) is 0 Å². The highest BCUT2D eigenvalue weighted by Crippen LogP contribution is 2.21. The molecule has 0 bridgehead atoms. The Labute approximate surface area is 127 Å². The first kappa shape index (κ1) is 16.7. The standard InChI is InChI=1S/C15H20BrNO3/c1-2-11(10-12-6-3-4-7-13(12)16)15(20)17-9-5-8-14(18)19/h3-4,6-7,11H,2,5,8-10H2,1H3,(H,17,20)(H,18,19). The van der Waals surface area contributed by atoms with Crippen LogP contribution in [0.5, 0.6) is 0 Å². The van der Waals surface area contributed by atoms with E-state index in [2.05, 4.69) is 21.2 Å². The van der Waals surface area contributed by atoms with Crippen molar-refractivity contribution in [1.82, 2.24) is 5.32 Å². The smallest absolute Gasteiger partial charge is 0.303 e. The molecule has 0 heterocycles. The van der Waals surface area contributed by atoms with Crippen molar-refractivity contribution in [1.29, 1.82) is 0 Å². The monoisotopic (exact) mass is 341 g/mol. The van der Waals surface area contributed by atoms with E-state index in [0.29, 0.717) is 19.4 Å². The van der Waals surface area contributed by atoms with Crippen molar-refractivity contribution in [3.63, 3.8) is 0 Å². The van der Waals surface area contributed by atoms with E-state index in [1.165, 1.54) is 0 Å². The number of nitrogens with one attached hydrogen (secondary N) is 1. The van der Waals surface area contributed by atoms with Gasteiger partial charge in [-0.1, -0.05) is 41.1 Å². The van der Waals surface area contributed by atoms with Crippen LogP contribution in [0.3, 0.4) is 0 Å². The Kier molecular flexibility index (Phi) is 7.30. The second-order valence-electron chi connectivity index (χ2n) is 4.69. The number of carbonyl (C=O) groups is 2. The Morgan fingerprint density at radius 2 is 2.05 bits per heavy atom. The normalized spacial score (nSPS) is 11.9. The highest BCUT2D eigenvalue weighted by molar-refractivity contribution is 9.10. The van der Waals surface area contributed by atoms with Crippen molar-refractivity contribution >= 4 is 27.8 Å². The minimum atomic E-state index is -0.834. The Balaban J connectivity index is 2.47. The molecule has 5 heteroatoms. The van der Waals surface area contributed by atoms with Crippen molar-refractivity contribution in [3.8, 4) is 0 Å². The minimum Gasteiger partial charge on any atom is -0.481 e. The average Bonchev–Trinajstić information content (AvgIpc) is 2.42. The third-order valence-corrected chi connectivity index (χ3v) is 3.93. The van der Waals surface area contributed by atoms with E-state index in [0.717, 1.165) is 16.5 Å². The summed E-state index contributed by atoms with van der Waals surface area (Å²) < 4.78 is 1.01. The first-order chi connectivity index (χ1) is 9.54. The third-order valence-electron chi connectivity index (χ3n) is 3.15. The van der Waals surface area contributed by atoms with Crippen molar-refractivity contribution in [2.75, 3.05) is 6.54 Å². The number of amides is 1. The van der Waals surface area contributed by atoms with Crippen LogP contribution in [0.4, 0.5) is 0 Å². The summed E-state index contributed by atoms with van der Waals surface area (Å²) in [5.41, 5.74) is 1.11. The van der Waals surface area contributed by atoms with Crippen LogP contribution in [-0.2, 0) is 16.0 Å². The lowest BCUT2D eigenvalue weighted by Gasteiger charge is -2.15. The van der Waals surface area contributed by atoms with Crippen LogP contribution in [0.2, 0.25) is 0 Å². The summed E-state index contributed by atoms with van der Waals surface area (Å²) in [7, 11) is 0. The molecule has 0 aliphatic rings. The quantitative estimate of drug-likeness (QED) is 0.714. The molecule has 1 aromatic rings. The van der Waals surface area contributed by atoms with Gasteiger partial charge in [0.2, 0.25) is 5.91 Å². The van der Waals surface area contributed by atoms with Gasteiger partial charge in [0, 0.05) is 23.4 Å². The third kappa shape index (κ3) is 5.74. The van der Waals surface area contributed by atoms with Gasteiger partial charge in [0.05, 0.1) is 0 Å². The molecule has 0 fully saturated rings. The van der Waals surface area contributed by atoms with E-state index in [1.807, 2.05) is 31.2 Å². The molecule has 1 amide bonds. The number of halogens is 1. The number of hydrogen-bond donors (Lipinski definition) is 2. The Morgan fingerprint density at radius 3 is 2.65 bits per heavy atom. The fourth-order valence-corrected chi connectivity index (χ4v) is 2.39. The van der Waals surface area contributed by atoms with E-state index >= 15 is 0 Å². The van der Waals surface area contributed by atoms with Gasteiger partial charge < -0.3 is 10.4 Å². The fraction of sp³-hybridized carbons (Fsp3) is 0.467. The molecule has 1 aromatic carbocycles. The number of aliphatic carboxylic acids is 1. The number of carbonyl (C=O) groups excluding carboxylic acids is 1. The van der Waals surface area contributed by atoms with Crippen molar-refractivity contribution < 1.29 is 14.7 Å². The Bertz CT molecular complexity index is 462. The zero-order valence-electron chi connectivity index (χ0n) is 11.6. The summed E-state index contributed by atoms with van der Waals surface area (Å²) in [6, 6.07) is 7.87. The molecule has 0 saturated carbocycles. The van der Waals surface area contributed by atoms with Crippen molar-refractivity contribution in [3.05, 3.63) is 34.3 Å². The lowest BCUT2D eigenvalue weighted by Crippen LogP contribution is -2.32. The summed E-state index contributed by atoms with van der Waals surface area (Å²) in [5, 5.41) is 11.4. The van der Waals surface area contributed by atoms with Gasteiger partial charge in [0.15, 0.2) is 0 Å². The molecule has 2 N–H and O–H groups in total. The van der Waals surface area contributed by atoms with E-state index in [-0.39, 0.29) is 18.2 Å². The second kappa shape index (κ2) is 8.74.